The first-order valence-corrected chi connectivity index (χ1v) is 0.236. The Morgan fingerprint density at radius 2 is 1.25 bits per heavy atom. The summed E-state index contributed by atoms with van der Waals surface area (Å²) < 4.78 is 0. The largest absolute Gasteiger partial charge is 0.545 e. The fourth-order valence-corrected chi connectivity index (χ4v) is 0. The number of carbonyl (C=O) groups excluding carboxylic acids is 1. The SMILES string of the molecule is [CH-]=O.[Cd].[Fe]. The first kappa shape index (κ1) is 19.4. The van der Waals surface area contributed by atoms with Gasteiger partial charge in [-0.25, -0.2) is 0 Å². The van der Waals surface area contributed by atoms with Crippen molar-refractivity contribution in [1.82, 2.24) is 0 Å². The molecule has 0 aromatic heterocycles. The number of hydrogen-bond acceptors (Lipinski definition) is 1. The van der Waals surface area contributed by atoms with Gasteiger partial charge in [0.25, 0.3) is 0 Å². The molecule has 0 aromatic rings. The molecule has 0 unspecified atom stereocenters. The van der Waals surface area contributed by atoms with Crippen LogP contribution in [0.3, 0.4) is 0 Å². The Hall–Kier alpha value is 1.11. The van der Waals surface area contributed by atoms with Crippen molar-refractivity contribution in [3.05, 3.63) is 0 Å². The average molecular weight is 197 g/mol. The van der Waals surface area contributed by atoms with E-state index in [9.17, 15) is 0 Å². The van der Waals surface area contributed by atoms with E-state index < -0.39 is 0 Å². The fourth-order valence-electron chi connectivity index (χ4n) is 0. The van der Waals surface area contributed by atoms with E-state index in [1.165, 1.54) is 0 Å². The Morgan fingerprint density at radius 3 is 1.25 bits per heavy atom. The van der Waals surface area contributed by atoms with Crippen molar-refractivity contribution < 1.29 is 49.2 Å². The van der Waals surface area contributed by atoms with Gasteiger partial charge in [0.05, 0.1) is 0 Å². The van der Waals surface area contributed by atoms with Crippen molar-refractivity contribution in [3.63, 3.8) is 0 Å². The molecule has 0 saturated heterocycles. The minimum absolute atomic E-state index is 0. The molecule has 0 amide bonds. The maximum atomic E-state index is 7.75. The molecule has 3 heteroatoms. The van der Waals surface area contributed by atoms with Crippen LogP contribution in [0.1, 0.15) is 0 Å². The molecular weight excluding hydrogens is 196 g/mol. The van der Waals surface area contributed by atoms with Gasteiger partial charge in [-0.1, -0.05) is 0 Å². The molecule has 22 valence electrons. The average Bonchev–Trinajstić information content (AvgIpc) is 1.00. The van der Waals surface area contributed by atoms with Gasteiger partial charge < -0.3 is 4.79 Å². The molecule has 1 nitrogen and oxygen atoms in total. The number of hydrogen-bond donors (Lipinski definition) is 0. The Balaban J connectivity index is -0.00000000500. The third-order valence-corrected chi connectivity index (χ3v) is 0. The van der Waals surface area contributed by atoms with E-state index in [0.29, 0.717) is 0 Å². The molecule has 0 heterocycles. The van der Waals surface area contributed by atoms with Gasteiger partial charge in [-0.2, -0.15) is 0 Å². The summed E-state index contributed by atoms with van der Waals surface area (Å²) >= 11 is 0. The standard InChI is InChI=1S/CHO.Cd.Fe/c1-2;;/h1H;;/q-1;;. The predicted octanol–water partition coefficient (Wildman–Crippen LogP) is -0.279. The number of rotatable bonds is 0. The Bertz CT molecular complexity index is 8.00. The van der Waals surface area contributed by atoms with Crippen LogP contribution < -0.4 is 0 Å². The molecule has 0 atom stereocenters. The molecule has 0 radical (unpaired) electrons. The van der Waals surface area contributed by atoms with Gasteiger partial charge in [-0.05, 0) is 0 Å². The van der Waals surface area contributed by atoms with Gasteiger partial charge in [0.1, 0.15) is 0 Å². The zero-order chi connectivity index (χ0) is 2.00. The summed E-state index contributed by atoms with van der Waals surface area (Å²) in [6, 6.07) is 0. The smallest absolute Gasteiger partial charge is 0 e. The molecule has 0 aliphatic carbocycles. The van der Waals surface area contributed by atoms with Crippen LogP contribution in [0.15, 0.2) is 0 Å². The zero-order valence-corrected chi connectivity index (χ0v) is 7.19. The third-order valence-electron chi connectivity index (χ3n) is 0. The van der Waals surface area contributed by atoms with Crippen LogP contribution in [0.5, 0.6) is 0 Å². The van der Waals surface area contributed by atoms with E-state index in [2.05, 4.69) is 6.79 Å². The summed E-state index contributed by atoms with van der Waals surface area (Å²) in [4.78, 5) is 7.75. The molecule has 0 bridgehead atoms. The molecule has 0 aliphatic heterocycles. The molecule has 0 aromatic carbocycles. The van der Waals surface area contributed by atoms with E-state index in [4.69, 9.17) is 4.79 Å². The van der Waals surface area contributed by atoms with Gasteiger partial charge in [0.2, 0.25) is 0 Å². The van der Waals surface area contributed by atoms with Crippen molar-refractivity contribution in [2.24, 2.45) is 0 Å². The molecule has 0 saturated carbocycles. The van der Waals surface area contributed by atoms with Crippen LogP contribution in [-0.2, 0) is 49.2 Å². The van der Waals surface area contributed by atoms with E-state index in [-0.39, 0.29) is 44.4 Å². The fraction of sp³-hybridized carbons (Fsp3) is 0. The first-order valence-electron chi connectivity index (χ1n) is 0.236. The summed E-state index contributed by atoms with van der Waals surface area (Å²) in [5.41, 5.74) is 0. The first-order chi connectivity index (χ1) is 1.00. The summed E-state index contributed by atoms with van der Waals surface area (Å²) in [5, 5.41) is 0. The van der Waals surface area contributed by atoms with Gasteiger partial charge in [-0.3, -0.25) is 6.79 Å². The minimum Gasteiger partial charge on any atom is -0.545 e. The van der Waals surface area contributed by atoms with Crippen LogP contribution in [0.4, 0.5) is 0 Å². The van der Waals surface area contributed by atoms with Crippen molar-refractivity contribution >= 4 is 6.79 Å². The Kier molecular flexibility index (Phi) is 156. The third kappa shape index (κ3) is 11.2. The maximum absolute atomic E-state index is 7.75. The molecule has 0 aliphatic rings. The zero-order valence-electron chi connectivity index (χ0n) is 2.05. The van der Waals surface area contributed by atoms with Crippen LogP contribution in [0, 0.1) is 0 Å². The van der Waals surface area contributed by atoms with Crippen molar-refractivity contribution in [3.8, 4) is 0 Å². The quantitative estimate of drug-likeness (QED) is 0.296. The summed E-state index contributed by atoms with van der Waals surface area (Å²) in [6.45, 7) is 3.25. The molecule has 4 heavy (non-hydrogen) atoms. The van der Waals surface area contributed by atoms with E-state index in [0.717, 1.165) is 0 Å². The second-order valence-corrected chi connectivity index (χ2v) is 0. The van der Waals surface area contributed by atoms with Crippen molar-refractivity contribution in [1.29, 1.82) is 0 Å². The summed E-state index contributed by atoms with van der Waals surface area (Å²) in [6.07, 6.45) is 0. The monoisotopic (exact) mass is 199 g/mol. The van der Waals surface area contributed by atoms with Gasteiger partial charge in [0, 0.05) is 44.4 Å². The molecule has 0 fully saturated rings. The van der Waals surface area contributed by atoms with Gasteiger partial charge in [-0.15, -0.1) is 0 Å². The van der Waals surface area contributed by atoms with E-state index >= 15 is 0 Å². The predicted molar refractivity (Wildman–Crippen MR) is 6.75 cm³/mol. The van der Waals surface area contributed by atoms with Crippen LogP contribution in [0.2, 0.25) is 0 Å². The maximum Gasteiger partial charge on any atom is 0 e. The molecule has 0 N–H and O–H groups in total. The Labute approximate surface area is 55.8 Å². The van der Waals surface area contributed by atoms with Crippen LogP contribution >= 0.6 is 0 Å². The van der Waals surface area contributed by atoms with Crippen LogP contribution in [-0.4, -0.2) is 6.79 Å². The summed E-state index contributed by atoms with van der Waals surface area (Å²) in [7, 11) is 0. The van der Waals surface area contributed by atoms with Crippen molar-refractivity contribution in [2.75, 3.05) is 0 Å². The minimum atomic E-state index is 0. The second-order valence-electron chi connectivity index (χ2n) is 0. The summed E-state index contributed by atoms with van der Waals surface area (Å²) in [5.74, 6) is 0. The normalized spacial score (nSPS) is 1.00. The van der Waals surface area contributed by atoms with E-state index in [1.807, 2.05) is 0 Å². The molecule has 0 spiro atoms. The van der Waals surface area contributed by atoms with Gasteiger partial charge >= 0.3 is 0 Å². The van der Waals surface area contributed by atoms with Gasteiger partial charge in [0.15, 0.2) is 0 Å². The topological polar surface area (TPSA) is 17.1 Å². The van der Waals surface area contributed by atoms with Crippen LogP contribution in [0.25, 0.3) is 0 Å². The Morgan fingerprint density at radius 1 is 1.25 bits per heavy atom. The molecule has 0 rings (SSSR count). The van der Waals surface area contributed by atoms with Crippen molar-refractivity contribution in [2.45, 2.75) is 0 Å². The van der Waals surface area contributed by atoms with E-state index in [1.54, 1.807) is 0 Å². The molecular formula is CHCdFeO-. The second kappa shape index (κ2) is 32.2.